The molecule has 29 heavy (non-hydrogen) atoms. The minimum atomic E-state index is -3.28. The molecule has 0 atom stereocenters. The zero-order valence-corrected chi connectivity index (χ0v) is 19.0. The van der Waals surface area contributed by atoms with Crippen LogP contribution in [0.15, 0.2) is 29.6 Å². The van der Waals surface area contributed by atoms with Crippen molar-refractivity contribution in [3.63, 3.8) is 0 Å². The van der Waals surface area contributed by atoms with E-state index in [4.69, 9.17) is 0 Å². The average molecular weight is 436 g/mol. The number of hydrogen-bond acceptors (Lipinski definition) is 4. The summed E-state index contributed by atoms with van der Waals surface area (Å²) in [5, 5.41) is 4.68. The number of amides is 2. The van der Waals surface area contributed by atoms with Crippen molar-refractivity contribution in [1.29, 1.82) is 0 Å². The van der Waals surface area contributed by atoms with Gasteiger partial charge in [-0.25, -0.2) is 17.9 Å². The average Bonchev–Trinajstić information content (AvgIpc) is 3.10. The molecule has 0 bridgehead atoms. The molecule has 0 aliphatic carbocycles. The van der Waals surface area contributed by atoms with Crippen LogP contribution >= 0.6 is 11.3 Å². The summed E-state index contributed by atoms with van der Waals surface area (Å²) in [6.07, 6.45) is 1.24. The summed E-state index contributed by atoms with van der Waals surface area (Å²) >= 11 is 1.72. The molecule has 2 N–H and O–H groups in total. The lowest BCUT2D eigenvalue weighted by Gasteiger charge is -2.32. The molecule has 6 nitrogen and oxygen atoms in total. The number of nitrogens with one attached hydrogen (secondary N) is 2. The lowest BCUT2D eigenvalue weighted by molar-refractivity contribution is 0.193. The van der Waals surface area contributed by atoms with Gasteiger partial charge in [-0.15, -0.1) is 11.3 Å². The number of anilines is 1. The SMILES string of the molecule is Cc1csc(-c2ccc(NC(=O)N3CCC(NS(=O)(=O)C(C)C)CC3)c(C)c2)c1. The van der Waals surface area contributed by atoms with Crippen LogP contribution in [0, 0.1) is 13.8 Å². The first-order valence-electron chi connectivity index (χ1n) is 9.89. The maximum Gasteiger partial charge on any atom is 0.321 e. The Hall–Kier alpha value is -1.90. The second-order valence-electron chi connectivity index (χ2n) is 7.92. The second-order valence-corrected chi connectivity index (χ2v) is 11.1. The van der Waals surface area contributed by atoms with Crippen molar-refractivity contribution in [2.45, 2.75) is 51.8 Å². The fourth-order valence-electron chi connectivity index (χ4n) is 3.30. The van der Waals surface area contributed by atoms with Crippen LogP contribution in [0.5, 0.6) is 0 Å². The number of rotatable bonds is 5. The molecule has 158 valence electrons. The van der Waals surface area contributed by atoms with Crippen molar-refractivity contribution in [3.05, 3.63) is 40.8 Å². The van der Waals surface area contributed by atoms with Gasteiger partial charge in [-0.3, -0.25) is 0 Å². The summed E-state index contributed by atoms with van der Waals surface area (Å²) in [4.78, 5) is 15.6. The molecular weight excluding hydrogens is 406 g/mol. The van der Waals surface area contributed by atoms with Crippen LogP contribution in [0.4, 0.5) is 10.5 Å². The fourth-order valence-corrected chi connectivity index (χ4v) is 5.17. The monoisotopic (exact) mass is 435 g/mol. The van der Waals surface area contributed by atoms with Crippen LogP contribution in [0.3, 0.4) is 0 Å². The van der Waals surface area contributed by atoms with Gasteiger partial charge in [0, 0.05) is 29.7 Å². The molecule has 2 amide bonds. The van der Waals surface area contributed by atoms with Crippen LogP contribution in [0.2, 0.25) is 0 Å². The van der Waals surface area contributed by atoms with E-state index < -0.39 is 15.3 Å². The molecule has 1 aromatic carbocycles. The van der Waals surface area contributed by atoms with Crippen LogP contribution in [-0.4, -0.2) is 43.7 Å². The van der Waals surface area contributed by atoms with Crippen LogP contribution in [0.25, 0.3) is 10.4 Å². The Balaban J connectivity index is 1.57. The molecule has 1 aliphatic rings. The lowest BCUT2D eigenvalue weighted by Crippen LogP contribution is -2.48. The normalized spacial score (nSPS) is 15.7. The first kappa shape index (κ1) is 21.8. The molecule has 1 fully saturated rings. The van der Waals surface area contributed by atoms with Gasteiger partial charge >= 0.3 is 6.03 Å². The van der Waals surface area contributed by atoms with Gasteiger partial charge in [0.1, 0.15) is 0 Å². The first-order chi connectivity index (χ1) is 13.7. The van der Waals surface area contributed by atoms with Gasteiger partial charge in [0.25, 0.3) is 0 Å². The van der Waals surface area contributed by atoms with Gasteiger partial charge in [-0.05, 0) is 80.8 Å². The van der Waals surface area contributed by atoms with Gasteiger partial charge < -0.3 is 10.2 Å². The predicted octanol–water partition coefficient (Wildman–Crippen LogP) is 4.36. The minimum absolute atomic E-state index is 0.110. The number of sulfonamides is 1. The van der Waals surface area contributed by atoms with E-state index in [0.29, 0.717) is 25.9 Å². The standard InChI is InChI=1S/C21H29N3O3S2/c1-14(2)29(26,27)23-18-7-9-24(10-8-18)21(25)22-19-6-5-17(12-16(19)4)20-11-15(3)13-28-20/h5-6,11-14,18,23H,7-10H2,1-4H3,(H,22,25). The highest BCUT2D eigenvalue weighted by atomic mass is 32.2. The van der Waals surface area contributed by atoms with E-state index in [9.17, 15) is 13.2 Å². The molecule has 2 aromatic rings. The number of piperidine rings is 1. The highest BCUT2D eigenvalue weighted by Crippen LogP contribution is 2.30. The van der Waals surface area contributed by atoms with E-state index >= 15 is 0 Å². The van der Waals surface area contributed by atoms with E-state index in [1.54, 1.807) is 30.1 Å². The number of nitrogens with zero attached hydrogens (tertiary/aromatic N) is 1. The Kier molecular flexibility index (Phi) is 6.65. The minimum Gasteiger partial charge on any atom is -0.324 e. The molecular formula is C21H29N3O3S2. The lowest BCUT2D eigenvalue weighted by atomic mass is 10.1. The number of likely N-dealkylation sites (tertiary alicyclic amines) is 1. The molecule has 8 heteroatoms. The Morgan fingerprint density at radius 1 is 1.17 bits per heavy atom. The zero-order valence-electron chi connectivity index (χ0n) is 17.4. The van der Waals surface area contributed by atoms with Crippen molar-refractivity contribution in [2.75, 3.05) is 18.4 Å². The summed E-state index contributed by atoms with van der Waals surface area (Å²) in [7, 11) is -3.28. The van der Waals surface area contributed by atoms with E-state index in [0.717, 1.165) is 16.8 Å². The molecule has 3 rings (SSSR count). The predicted molar refractivity (Wildman–Crippen MR) is 120 cm³/mol. The van der Waals surface area contributed by atoms with Crippen molar-refractivity contribution in [1.82, 2.24) is 9.62 Å². The highest BCUT2D eigenvalue weighted by molar-refractivity contribution is 7.90. The molecule has 0 spiro atoms. The second kappa shape index (κ2) is 8.85. The number of urea groups is 1. The highest BCUT2D eigenvalue weighted by Gasteiger charge is 2.27. The van der Waals surface area contributed by atoms with E-state index in [1.165, 1.54) is 10.4 Å². The van der Waals surface area contributed by atoms with Crippen molar-refractivity contribution in [3.8, 4) is 10.4 Å². The number of thiophene rings is 1. The molecule has 0 unspecified atom stereocenters. The first-order valence-corrected chi connectivity index (χ1v) is 12.3. The van der Waals surface area contributed by atoms with Gasteiger partial charge in [0.05, 0.1) is 5.25 Å². The summed E-state index contributed by atoms with van der Waals surface area (Å²) in [6.45, 7) is 8.46. The summed E-state index contributed by atoms with van der Waals surface area (Å²) in [6, 6.07) is 7.98. The smallest absolute Gasteiger partial charge is 0.321 e. The number of carbonyl (C=O) groups excluding carboxylic acids is 1. The zero-order chi connectivity index (χ0) is 21.2. The largest absolute Gasteiger partial charge is 0.324 e. The quantitative estimate of drug-likeness (QED) is 0.733. The molecule has 1 saturated heterocycles. The Labute approximate surface area is 177 Å². The number of carbonyl (C=O) groups is 1. The van der Waals surface area contributed by atoms with Crippen LogP contribution < -0.4 is 10.0 Å². The molecule has 2 heterocycles. The molecule has 0 saturated carbocycles. The molecule has 0 radical (unpaired) electrons. The third-order valence-corrected chi connectivity index (χ3v) is 8.22. The van der Waals surface area contributed by atoms with Gasteiger partial charge in [-0.1, -0.05) is 6.07 Å². The van der Waals surface area contributed by atoms with Gasteiger partial charge in [0.15, 0.2) is 0 Å². The van der Waals surface area contributed by atoms with E-state index in [2.05, 4.69) is 34.5 Å². The number of benzene rings is 1. The van der Waals surface area contributed by atoms with Gasteiger partial charge in [-0.2, -0.15) is 0 Å². The molecule has 1 aromatic heterocycles. The maximum atomic E-state index is 12.7. The fraction of sp³-hybridized carbons (Fsp3) is 0.476. The van der Waals surface area contributed by atoms with Gasteiger partial charge in [0.2, 0.25) is 10.0 Å². The van der Waals surface area contributed by atoms with Crippen LogP contribution in [0.1, 0.15) is 37.8 Å². The topological polar surface area (TPSA) is 78.5 Å². The van der Waals surface area contributed by atoms with Crippen molar-refractivity contribution in [2.24, 2.45) is 0 Å². The van der Waals surface area contributed by atoms with E-state index in [1.807, 2.05) is 19.1 Å². The number of aryl methyl sites for hydroxylation is 2. The molecule has 1 aliphatic heterocycles. The Morgan fingerprint density at radius 2 is 1.86 bits per heavy atom. The maximum absolute atomic E-state index is 12.7. The Morgan fingerprint density at radius 3 is 2.41 bits per heavy atom. The number of hydrogen-bond donors (Lipinski definition) is 2. The van der Waals surface area contributed by atoms with Crippen LogP contribution in [-0.2, 0) is 10.0 Å². The Bertz CT molecular complexity index is 975. The third-order valence-electron chi connectivity index (χ3n) is 5.22. The third kappa shape index (κ3) is 5.38. The summed E-state index contributed by atoms with van der Waals surface area (Å²) < 4.78 is 26.8. The van der Waals surface area contributed by atoms with Crippen molar-refractivity contribution < 1.29 is 13.2 Å². The van der Waals surface area contributed by atoms with Crippen molar-refractivity contribution >= 4 is 33.1 Å². The van der Waals surface area contributed by atoms with E-state index in [-0.39, 0.29) is 12.1 Å². The summed E-state index contributed by atoms with van der Waals surface area (Å²) in [5.74, 6) is 0. The summed E-state index contributed by atoms with van der Waals surface area (Å²) in [5.41, 5.74) is 4.21.